The van der Waals surface area contributed by atoms with Crippen molar-refractivity contribution < 1.29 is 0 Å². The predicted molar refractivity (Wildman–Crippen MR) is 47.9 cm³/mol. The second kappa shape index (κ2) is 3.34. The summed E-state index contributed by atoms with van der Waals surface area (Å²) in [7, 11) is 3.74. The van der Waals surface area contributed by atoms with Gasteiger partial charge < -0.3 is 10.6 Å². The van der Waals surface area contributed by atoms with Crippen molar-refractivity contribution in [3.05, 3.63) is 5.82 Å². The first-order chi connectivity index (χ1) is 5.63. The Labute approximate surface area is 71.6 Å². The minimum Gasteiger partial charge on any atom is -0.368 e. The van der Waals surface area contributed by atoms with E-state index in [0.29, 0.717) is 5.95 Å². The number of aryl methyl sites for hydroxylation is 1. The second-order valence-electron chi connectivity index (χ2n) is 2.66. The molecule has 2 N–H and O–H groups in total. The normalized spacial score (nSPS) is 9.92. The smallest absolute Gasteiger partial charge is 0.229 e. The van der Waals surface area contributed by atoms with Crippen LogP contribution in [0.25, 0.3) is 0 Å². The van der Waals surface area contributed by atoms with Gasteiger partial charge in [-0.1, -0.05) is 6.92 Å². The van der Waals surface area contributed by atoms with Gasteiger partial charge in [0.1, 0.15) is 5.82 Å². The Bertz CT molecular complexity index is 270. The van der Waals surface area contributed by atoms with Crippen LogP contribution in [-0.2, 0) is 6.42 Å². The maximum atomic E-state index is 5.48. The van der Waals surface area contributed by atoms with Crippen LogP contribution >= 0.6 is 0 Å². The minimum atomic E-state index is 0.283. The summed E-state index contributed by atoms with van der Waals surface area (Å²) in [5, 5.41) is 0. The molecule has 0 fully saturated rings. The highest BCUT2D eigenvalue weighted by Gasteiger charge is 2.03. The molecule has 1 rings (SSSR count). The van der Waals surface area contributed by atoms with Gasteiger partial charge in [-0.3, -0.25) is 0 Å². The monoisotopic (exact) mass is 167 g/mol. The highest BCUT2D eigenvalue weighted by molar-refractivity contribution is 5.32. The van der Waals surface area contributed by atoms with Crippen LogP contribution in [0.15, 0.2) is 0 Å². The van der Waals surface area contributed by atoms with Gasteiger partial charge in [0.05, 0.1) is 0 Å². The molecule has 0 atom stereocenters. The number of nitrogen functional groups attached to an aromatic ring is 1. The third-order valence-electron chi connectivity index (χ3n) is 1.40. The molecule has 66 valence electrons. The molecule has 0 bridgehead atoms. The first kappa shape index (κ1) is 8.70. The van der Waals surface area contributed by atoms with E-state index in [1.807, 2.05) is 21.0 Å². The summed E-state index contributed by atoms with van der Waals surface area (Å²) in [6.45, 7) is 1.98. The first-order valence-corrected chi connectivity index (χ1v) is 3.81. The summed E-state index contributed by atoms with van der Waals surface area (Å²) in [6.07, 6.45) is 0.771. The molecular weight excluding hydrogens is 154 g/mol. The number of nitrogens with two attached hydrogens (primary N) is 1. The van der Waals surface area contributed by atoms with E-state index in [4.69, 9.17) is 5.73 Å². The lowest BCUT2D eigenvalue weighted by molar-refractivity contribution is 0.877. The standard InChI is InChI=1S/C7H13N5/c1-4-5-9-6(8)11-7(10-5)12(2)3/h4H2,1-3H3,(H2,8,9,10,11). The first-order valence-electron chi connectivity index (χ1n) is 3.81. The van der Waals surface area contributed by atoms with Crippen LogP contribution in [-0.4, -0.2) is 29.0 Å². The van der Waals surface area contributed by atoms with Crippen LogP contribution in [0.5, 0.6) is 0 Å². The fraction of sp³-hybridized carbons (Fsp3) is 0.571. The summed E-state index contributed by atoms with van der Waals surface area (Å²) < 4.78 is 0. The van der Waals surface area contributed by atoms with Crippen molar-refractivity contribution in [3.8, 4) is 0 Å². The van der Waals surface area contributed by atoms with E-state index in [-0.39, 0.29) is 5.95 Å². The number of hydrogen-bond donors (Lipinski definition) is 1. The molecule has 0 aliphatic heterocycles. The van der Waals surface area contributed by atoms with Gasteiger partial charge in [-0.05, 0) is 0 Å². The van der Waals surface area contributed by atoms with Crippen molar-refractivity contribution in [1.82, 2.24) is 15.0 Å². The molecule has 12 heavy (non-hydrogen) atoms. The average molecular weight is 167 g/mol. The van der Waals surface area contributed by atoms with Crippen molar-refractivity contribution in [1.29, 1.82) is 0 Å². The van der Waals surface area contributed by atoms with Gasteiger partial charge in [0.25, 0.3) is 0 Å². The summed E-state index contributed by atoms with van der Waals surface area (Å²) in [4.78, 5) is 13.9. The molecular formula is C7H13N5. The fourth-order valence-corrected chi connectivity index (χ4v) is 0.783. The predicted octanol–water partition coefficient (Wildman–Crippen LogP) is 0.0822. The van der Waals surface area contributed by atoms with Crippen molar-refractivity contribution in [3.63, 3.8) is 0 Å². The molecule has 5 heteroatoms. The maximum absolute atomic E-state index is 5.48. The van der Waals surface area contributed by atoms with Gasteiger partial charge in [0.15, 0.2) is 0 Å². The largest absolute Gasteiger partial charge is 0.368 e. The Balaban J connectivity index is 3.06. The molecule has 0 radical (unpaired) electrons. The quantitative estimate of drug-likeness (QED) is 0.675. The van der Waals surface area contributed by atoms with Crippen LogP contribution in [0, 0.1) is 0 Å². The van der Waals surface area contributed by atoms with Crippen molar-refractivity contribution in [2.24, 2.45) is 0 Å². The molecule has 1 aromatic heterocycles. The zero-order valence-electron chi connectivity index (χ0n) is 7.57. The maximum Gasteiger partial charge on any atom is 0.229 e. The van der Waals surface area contributed by atoms with E-state index < -0.39 is 0 Å². The zero-order chi connectivity index (χ0) is 9.14. The van der Waals surface area contributed by atoms with E-state index in [9.17, 15) is 0 Å². The van der Waals surface area contributed by atoms with Gasteiger partial charge in [0.2, 0.25) is 11.9 Å². The lowest BCUT2D eigenvalue weighted by Crippen LogP contribution is -2.15. The molecule has 5 nitrogen and oxygen atoms in total. The fourth-order valence-electron chi connectivity index (χ4n) is 0.783. The molecule has 1 aromatic rings. The third-order valence-corrected chi connectivity index (χ3v) is 1.40. The Morgan fingerprint density at radius 2 is 1.92 bits per heavy atom. The van der Waals surface area contributed by atoms with E-state index >= 15 is 0 Å². The summed E-state index contributed by atoms with van der Waals surface area (Å²) >= 11 is 0. The highest BCUT2D eigenvalue weighted by atomic mass is 15.3. The number of nitrogens with zero attached hydrogens (tertiary/aromatic N) is 4. The van der Waals surface area contributed by atoms with Crippen LogP contribution in [0.1, 0.15) is 12.7 Å². The van der Waals surface area contributed by atoms with Gasteiger partial charge in [-0.15, -0.1) is 0 Å². The van der Waals surface area contributed by atoms with Crippen LogP contribution < -0.4 is 10.6 Å². The lowest BCUT2D eigenvalue weighted by Gasteiger charge is -2.10. The Morgan fingerprint density at radius 3 is 2.42 bits per heavy atom. The number of anilines is 2. The second-order valence-corrected chi connectivity index (χ2v) is 2.66. The highest BCUT2D eigenvalue weighted by Crippen LogP contribution is 2.05. The Morgan fingerprint density at radius 1 is 1.25 bits per heavy atom. The molecule has 0 aliphatic carbocycles. The molecule has 0 aliphatic rings. The van der Waals surface area contributed by atoms with Crippen LogP contribution in [0.3, 0.4) is 0 Å². The molecule has 0 amide bonds. The summed E-state index contributed by atoms with van der Waals surface area (Å²) in [6, 6.07) is 0. The SMILES string of the molecule is CCc1nc(N)nc(N(C)C)n1. The van der Waals surface area contributed by atoms with Gasteiger partial charge in [-0.2, -0.15) is 15.0 Å². The molecule has 1 heterocycles. The topological polar surface area (TPSA) is 67.9 Å². The Hall–Kier alpha value is -1.39. The number of hydrogen-bond acceptors (Lipinski definition) is 5. The minimum absolute atomic E-state index is 0.283. The molecule has 0 saturated heterocycles. The van der Waals surface area contributed by atoms with E-state index in [2.05, 4.69) is 15.0 Å². The van der Waals surface area contributed by atoms with E-state index in [1.165, 1.54) is 0 Å². The number of rotatable bonds is 2. The third kappa shape index (κ3) is 1.81. The average Bonchev–Trinajstić information content (AvgIpc) is 2.03. The van der Waals surface area contributed by atoms with Gasteiger partial charge >= 0.3 is 0 Å². The van der Waals surface area contributed by atoms with Crippen LogP contribution in [0.4, 0.5) is 11.9 Å². The molecule has 0 saturated carbocycles. The zero-order valence-corrected chi connectivity index (χ0v) is 7.57. The van der Waals surface area contributed by atoms with Crippen molar-refractivity contribution in [2.45, 2.75) is 13.3 Å². The van der Waals surface area contributed by atoms with Crippen molar-refractivity contribution in [2.75, 3.05) is 24.7 Å². The van der Waals surface area contributed by atoms with Crippen molar-refractivity contribution >= 4 is 11.9 Å². The summed E-state index contributed by atoms with van der Waals surface area (Å²) in [5.74, 6) is 1.62. The molecule has 0 spiro atoms. The lowest BCUT2D eigenvalue weighted by atomic mass is 10.4. The van der Waals surface area contributed by atoms with E-state index in [1.54, 1.807) is 4.90 Å². The molecule has 0 unspecified atom stereocenters. The van der Waals surface area contributed by atoms with E-state index in [0.717, 1.165) is 12.2 Å². The van der Waals surface area contributed by atoms with Gasteiger partial charge in [0, 0.05) is 20.5 Å². The van der Waals surface area contributed by atoms with Gasteiger partial charge in [-0.25, -0.2) is 0 Å². The van der Waals surface area contributed by atoms with Crippen LogP contribution in [0.2, 0.25) is 0 Å². The molecule has 0 aromatic carbocycles. The number of aromatic nitrogens is 3. The Kier molecular flexibility index (Phi) is 2.42. The summed E-state index contributed by atoms with van der Waals surface area (Å²) in [5.41, 5.74) is 5.48.